The molecule has 5 nitrogen and oxygen atoms in total. The number of hydrogen-bond acceptors (Lipinski definition) is 5. The van der Waals surface area contributed by atoms with Gasteiger partial charge in [0.1, 0.15) is 0 Å². The highest BCUT2D eigenvalue weighted by molar-refractivity contribution is 7.13. The van der Waals surface area contributed by atoms with Crippen LogP contribution >= 0.6 is 11.3 Å². The highest BCUT2D eigenvalue weighted by atomic mass is 32.1. The van der Waals surface area contributed by atoms with Crippen molar-refractivity contribution in [2.75, 3.05) is 6.54 Å². The van der Waals surface area contributed by atoms with Gasteiger partial charge in [0.05, 0.1) is 34.3 Å². The molecule has 1 aliphatic rings. The maximum absolute atomic E-state index is 12.7. The first-order valence-electron chi connectivity index (χ1n) is 9.11. The van der Waals surface area contributed by atoms with E-state index in [0.717, 1.165) is 16.8 Å². The molecular formula is C20H27N3O2S. The Bertz CT molecular complexity index is 757. The molecule has 26 heavy (non-hydrogen) atoms. The van der Waals surface area contributed by atoms with Crippen molar-refractivity contribution in [2.45, 2.75) is 58.3 Å². The lowest BCUT2D eigenvalue weighted by Gasteiger charge is -2.28. The van der Waals surface area contributed by atoms with Crippen molar-refractivity contribution >= 4 is 17.2 Å². The van der Waals surface area contributed by atoms with Crippen molar-refractivity contribution in [1.29, 1.82) is 0 Å². The Morgan fingerprint density at radius 3 is 2.58 bits per heavy atom. The number of amides is 1. The lowest BCUT2D eigenvalue weighted by atomic mass is 10.0. The second kappa shape index (κ2) is 7.86. The van der Waals surface area contributed by atoms with Crippen LogP contribution in [0.15, 0.2) is 29.8 Å². The molecule has 0 bridgehead atoms. The molecule has 1 amide bonds. The highest BCUT2D eigenvalue weighted by Gasteiger charge is 2.37. The molecule has 3 atom stereocenters. The molecule has 1 aromatic heterocycles. The van der Waals surface area contributed by atoms with Gasteiger partial charge >= 0.3 is 0 Å². The number of aryl methyl sites for hydroxylation is 1. The normalized spacial score (nSPS) is 21.9. The van der Waals surface area contributed by atoms with Crippen molar-refractivity contribution < 1.29 is 9.90 Å². The number of carbonyl (C=O) groups excluding carboxylic acids is 1. The molecule has 0 saturated carbocycles. The zero-order chi connectivity index (χ0) is 18.8. The van der Waals surface area contributed by atoms with Gasteiger partial charge in [-0.1, -0.05) is 24.3 Å². The minimum Gasteiger partial charge on any atom is -0.392 e. The number of β-amino-alcohol motifs (C(OH)–C–C–N with tert-alkyl or cyclic N) is 1. The quantitative estimate of drug-likeness (QED) is 0.845. The van der Waals surface area contributed by atoms with Crippen LogP contribution in [0.25, 0.3) is 10.4 Å². The Balaban J connectivity index is 1.67. The summed E-state index contributed by atoms with van der Waals surface area (Å²) >= 11 is 1.64. The molecule has 140 valence electrons. The largest absolute Gasteiger partial charge is 0.392 e. The molecule has 1 aromatic carbocycles. The van der Waals surface area contributed by atoms with E-state index in [9.17, 15) is 9.90 Å². The molecule has 0 aliphatic carbocycles. The summed E-state index contributed by atoms with van der Waals surface area (Å²) in [5.74, 6) is -0.00914. The molecule has 3 rings (SSSR count). The van der Waals surface area contributed by atoms with E-state index in [4.69, 9.17) is 0 Å². The zero-order valence-electron chi connectivity index (χ0n) is 15.8. The van der Waals surface area contributed by atoms with Gasteiger partial charge < -0.3 is 10.4 Å². The maximum Gasteiger partial charge on any atom is 0.237 e. The number of aliphatic hydroxyl groups is 1. The fourth-order valence-corrected chi connectivity index (χ4v) is 4.37. The van der Waals surface area contributed by atoms with E-state index in [1.807, 2.05) is 19.4 Å². The monoisotopic (exact) mass is 373 g/mol. The molecule has 0 radical (unpaired) electrons. The van der Waals surface area contributed by atoms with E-state index >= 15 is 0 Å². The Hall–Kier alpha value is -1.76. The molecule has 2 N–H and O–H groups in total. The fourth-order valence-electron chi connectivity index (χ4n) is 3.56. The molecular weight excluding hydrogens is 346 g/mol. The minimum absolute atomic E-state index is 0.00914. The third kappa shape index (κ3) is 3.98. The topological polar surface area (TPSA) is 65.5 Å². The van der Waals surface area contributed by atoms with Gasteiger partial charge in [0.2, 0.25) is 5.91 Å². The van der Waals surface area contributed by atoms with E-state index in [1.54, 1.807) is 11.3 Å². The van der Waals surface area contributed by atoms with Crippen LogP contribution in [0.1, 0.15) is 44.5 Å². The van der Waals surface area contributed by atoms with E-state index < -0.39 is 6.10 Å². The first kappa shape index (κ1) is 19.0. The smallest absolute Gasteiger partial charge is 0.237 e. The molecule has 0 spiro atoms. The van der Waals surface area contributed by atoms with Gasteiger partial charge in [-0.25, -0.2) is 4.98 Å². The third-order valence-corrected chi connectivity index (χ3v) is 6.04. The van der Waals surface area contributed by atoms with Gasteiger partial charge in [0.15, 0.2) is 0 Å². The molecule has 2 heterocycles. The number of likely N-dealkylation sites (tertiary alicyclic amines) is 1. The van der Waals surface area contributed by atoms with Gasteiger partial charge in [0, 0.05) is 12.6 Å². The lowest BCUT2D eigenvalue weighted by molar-refractivity contribution is -0.126. The fraction of sp³-hybridized carbons (Fsp3) is 0.500. The van der Waals surface area contributed by atoms with Crippen LogP contribution < -0.4 is 5.32 Å². The van der Waals surface area contributed by atoms with Crippen LogP contribution in [0.5, 0.6) is 0 Å². The van der Waals surface area contributed by atoms with Crippen LogP contribution in [-0.2, 0) is 4.79 Å². The number of hydrogen-bond donors (Lipinski definition) is 2. The first-order chi connectivity index (χ1) is 12.4. The lowest BCUT2D eigenvalue weighted by Crippen LogP contribution is -2.46. The second-order valence-corrected chi connectivity index (χ2v) is 8.17. The average molecular weight is 374 g/mol. The van der Waals surface area contributed by atoms with E-state index in [1.165, 1.54) is 4.88 Å². The van der Waals surface area contributed by atoms with Crippen LogP contribution in [0.3, 0.4) is 0 Å². The van der Waals surface area contributed by atoms with Crippen molar-refractivity contribution in [1.82, 2.24) is 15.2 Å². The predicted octanol–water partition coefficient (Wildman–Crippen LogP) is 3.14. The van der Waals surface area contributed by atoms with Gasteiger partial charge in [-0.15, -0.1) is 11.3 Å². The van der Waals surface area contributed by atoms with E-state index in [2.05, 4.69) is 53.3 Å². The van der Waals surface area contributed by atoms with Crippen LogP contribution in [0.2, 0.25) is 0 Å². The number of rotatable bonds is 5. The van der Waals surface area contributed by atoms with Gasteiger partial charge in [-0.3, -0.25) is 9.69 Å². The summed E-state index contributed by atoms with van der Waals surface area (Å²) in [4.78, 5) is 20.3. The zero-order valence-corrected chi connectivity index (χ0v) is 16.6. The van der Waals surface area contributed by atoms with Gasteiger partial charge in [0.25, 0.3) is 0 Å². The molecule has 0 unspecified atom stereocenters. The average Bonchev–Trinajstić information content (AvgIpc) is 3.20. The number of benzene rings is 1. The molecule has 2 aromatic rings. The number of thiazole rings is 1. The van der Waals surface area contributed by atoms with Crippen molar-refractivity contribution in [2.24, 2.45) is 0 Å². The highest BCUT2D eigenvalue weighted by Crippen LogP contribution is 2.28. The summed E-state index contributed by atoms with van der Waals surface area (Å²) in [7, 11) is 0. The standard InChI is InChI=1S/C20H27N3O2S/c1-12(2)23-10-17(24)9-18(23)20(25)22-13(3)15-5-7-16(8-6-15)19-14(4)21-11-26-19/h5-8,11-13,17-18,24H,9-10H2,1-4H3,(H,22,25)/t13-,17+,18-/m0/s1. The van der Waals surface area contributed by atoms with Gasteiger partial charge in [-0.05, 0) is 45.2 Å². The first-order valence-corrected chi connectivity index (χ1v) is 9.99. The summed E-state index contributed by atoms with van der Waals surface area (Å²) in [6.45, 7) is 8.69. The second-order valence-electron chi connectivity index (χ2n) is 7.32. The van der Waals surface area contributed by atoms with Crippen LogP contribution in [0.4, 0.5) is 0 Å². The summed E-state index contributed by atoms with van der Waals surface area (Å²) in [6.07, 6.45) is 0.0748. The number of aliphatic hydroxyl groups excluding tert-OH is 1. The third-order valence-electron chi connectivity index (χ3n) is 5.06. The number of aromatic nitrogens is 1. The van der Waals surface area contributed by atoms with Crippen molar-refractivity contribution in [3.63, 3.8) is 0 Å². The summed E-state index contributed by atoms with van der Waals surface area (Å²) in [5.41, 5.74) is 5.12. The van der Waals surface area contributed by atoms with Gasteiger partial charge in [-0.2, -0.15) is 0 Å². The Kier molecular flexibility index (Phi) is 5.75. The molecule has 1 saturated heterocycles. The Morgan fingerprint density at radius 2 is 2.00 bits per heavy atom. The van der Waals surface area contributed by atoms with Crippen molar-refractivity contribution in [3.05, 3.63) is 41.0 Å². The Labute approximate surface area is 159 Å². The molecule has 6 heteroatoms. The van der Waals surface area contributed by atoms with E-state index in [-0.39, 0.29) is 24.0 Å². The predicted molar refractivity (Wildman–Crippen MR) is 105 cm³/mol. The number of nitrogens with one attached hydrogen (secondary N) is 1. The number of nitrogens with zero attached hydrogens (tertiary/aromatic N) is 2. The van der Waals surface area contributed by atoms with Crippen LogP contribution in [-0.4, -0.2) is 45.6 Å². The molecule has 1 fully saturated rings. The summed E-state index contributed by atoms with van der Waals surface area (Å²) in [6, 6.07) is 8.18. The van der Waals surface area contributed by atoms with E-state index in [0.29, 0.717) is 13.0 Å². The SMILES string of the molecule is Cc1ncsc1-c1ccc([C@H](C)NC(=O)[C@@H]2C[C@@H](O)CN2C(C)C)cc1. The van der Waals surface area contributed by atoms with Crippen molar-refractivity contribution in [3.8, 4) is 10.4 Å². The Morgan fingerprint density at radius 1 is 1.31 bits per heavy atom. The molecule has 1 aliphatic heterocycles. The summed E-state index contributed by atoms with van der Waals surface area (Å²) < 4.78 is 0. The minimum atomic E-state index is -0.426. The maximum atomic E-state index is 12.7. The summed E-state index contributed by atoms with van der Waals surface area (Å²) in [5, 5.41) is 13.0. The number of carbonyl (C=O) groups is 1. The van der Waals surface area contributed by atoms with Crippen LogP contribution in [0, 0.1) is 6.92 Å².